The van der Waals surface area contributed by atoms with Gasteiger partial charge in [0, 0.05) is 49.7 Å². The van der Waals surface area contributed by atoms with Gasteiger partial charge in [-0.1, -0.05) is 121 Å². The summed E-state index contributed by atoms with van der Waals surface area (Å²) >= 11 is 0. The molecule has 0 saturated carbocycles. The van der Waals surface area contributed by atoms with Gasteiger partial charge in [-0.2, -0.15) is 0 Å². The predicted octanol–water partition coefficient (Wildman–Crippen LogP) is 14.1. The van der Waals surface area contributed by atoms with Crippen LogP contribution in [0.5, 0.6) is 0 Å². The van der Waals surface area contributed by atoms with Crippen LogP contribution in [-0.2, 0) is 0 Å². The molecular formula is C59H43N7. The van der Waals surface area contributed by atoms with Gasteiger partial charge in [0.2, 0.25) is 0 Å². The molecule has 1 unspecified atom stereocenters. The average Bonchev–Trinajstić information content (AvgIpc) is 4.10. The maximum Gasteiger partial charge on any atom is 0.169 e. The lowest BCUT2D eigenvalue weighted by Gasteiger charge is -2.23. The molecule has 0 fully saturated rings. The molecule has 13 aromatic rings. The van der Waals surface area contributed by atoms with Gasteiger partial charge in [0.05, 0.1) is 22.1 Å². The highest BCUT2D eigenvalue weighted by atomic mass is 15.3. The summed E-state index contributed by atoms with van der Waals surface area (Å²) in [6.45, 7) is 8.69. The van der Waals surface area contributed by atoms with Crippen LogP contribution < -0.4 is 0 Å². The zero-order chi connectivity index (χ0) is 44.2. The van der Waals surface area contributed by atoms with Crippen molar-refractivity contribution in [3.8, 4) is 28.5 Å². The van der Waals surface area contributed by atoms with E-state index in [2.05, 4.69) is 223 Å². The second-order valence-corrected chi connectivity index (χ2v) is 17.8. The van der Waals surface area contributed by atoms with Crippen molar-refractivity contribution in [2.24, 2.45) is 0 Å². The summed E-state index contributed by atoms with van der Waals surface area (Å²) in [5, 5.41) is 26.5. The first-order chi connectivity index (χ1) is 32.4. The number of hydrogen-bond donors (Lipinski definition) is 0. The molecule has 0 spiro atoms. The van der Waals surface area contributed by atoms with Gasteiger partial charge < -0.3 is 4.57 Å². The van der Waals surface area contributed by atoms with Gasteiger partial charge in [0.25, 0.3) is 0 Å². The smallest absolute Gasteiger partial charge is 0.169 e. The lowest BCUT2D eigenvalue weighted by Crippen LogP contribution is -2.06. The minimum absolute atomic E-state index is 0.0593. The van der Waals surface area contributed by atoms with Crippen LogP contribution in [0.15, 0.2) is 182 Å². The van der Waals surface area contributed by atoms with E-state index in [1.165, 1.54) is 60.6 Å². The van der Waals surface area contributed by atoms with Crippen molar-refractivity contribution in [1.29, 1.82) is 0 Å². The van der Waals surface area contributed by atoms with Gasteiger partial charge >= 0.3 is 0 Å². The Hall–Kier alpha value is -8.42. The summed E-state index contributed by atoms with van der Waals surface area (Å²) < 4.78 is 6.81. The molecule has 5 heterocycles. The van der Waals surface area contributed by atoms with Crippen LogP contribution in [0.25, 0.3) is 94.1 Å². The molecule has 0 aliphatic rings. The van der Waals surface area contributed by atoms with E-state index in [0.29, 0.717) is 0 Å². The maximum absolute atomic E-state index is 4.93. The fraction of sp³-hybridized carbons (Fsp3) is 0.0847. The van der Waals surface area contributed by atoms with Gasteiger partial charge in [-0.05, 0) is 133 Å². The summed E-state index contributed by atoms with van der Waals surface area (Å²) in [6.07, 6.45) is 0. The van der Waals surface area contributed by atoms with E-state index in [1.54, 1.807) is 0 Å². The Morgan fingerprint density at radius 3 is 1.76 bits per heavy atom. The first kappa shape index (κ1) is 38.1. The molecule has 0 bridgehead atoms. The quantitative estimate of drug-likeness (QED) is 0.123. The number of fused-ring (bicyclic) bond motifs is 12. The summed E-state index contributed by atoms with van der Waals surface area (Å²) in [7, 11) is 0. The van der Waals surface area contributed by atoms with E-state index < -0.39 is 0 Å². The standard InChI is InChI=1S/C59H43N7/c1-35-22-31-54-50(32-35)46-18-10-12-20-52(46)64(54)43-28-25-40(26-29-43)57-61-63-59-47-30-27-41(33-49(47)45-17-9-13-21-53(45)66(57)59)55(39-14-6-5-7-15-39)48-34-42(24-23-36(48)2)58-62-60-56-38(4)37(3)44-16-8-11-19-51(44)65(56)58/h5-34,55H,1-4H3. The normalized spacial score (nSPS) is 12.5. The summed E-state index contributed by atoms with van der Waals surface area (Å²) in [4.78, 5) is 0. The molecule has 7 heteroatoms. The monoisotopic (exact) mass is 849 g/mol. The summed E-state index contributed by atoms with van der Waals surface area (Å²) in [6, 6.07) is 65.8. The fourth-order valence-electron chi connectivity index (χ4n) is 10.6. The lowest BCUT2D eigenvalue weighted by molar-refractivity contribution is 0.964. The predicted molar refractivity (Wildman–Crippen MR) is 270 cm³/mol. The van der Waals surface area contributed by atoms with E-state index >= 15 is 0 Å². The van der Waals surface area contributed by atoms with Crippen LogP contribution in [0.3, 0.4) is 0 Å². The molecule has 5 aromatic heterocycles. The minimum atomic E-state index is -0.0593. The zero-order valence-electron chi connectivity index (χ0n) is 37.0. The van der Waals surface area contributed by atoms with Crippen molar-refractivity contribution in [2.75, 3.05) is 0 Å². The molecule has 13 rings (SSSR count). The number of aromatic nitrogens is 7. The molecule has 0 amide bonds. The second kappa shape index (κ2) is 14.6. The van der Waals surface area contributed by atoms with E-state index in [4.69, 9.17) is 20.4 Å². The minimum Gasteiger partial charge on any atom is -0.309 e. The molecule has 66 heavy (non-hydrogen) atoms. The number of hydrogen-bond acceptors (Lipinski definition) is 4. The zero-order valence-corrected chi connectivity index (χ0v) is 37.0. The molecule has 8 aromatic carbocycles. The third kappa shape index (κ3) is 5.62. The number of nitrogens with zero attached hydrogens (tertiary/aromatic N) is 7. The highest BCUT2D eigenvalue weighted by Gasteiger charge is 2.24. The molecule has 0 aliphatic carbocycles. The van der Waals surface area contributed by atoms with Crippen molar-refractivity contribution >= 4 is 65.7 Å². The molecule has 0 aliphatic heterocycles. The van der Waals surface area contributed by atoms with Crippen molar-refractivity contribution in [3.05, 3.63) is 221 Å². The van der Waals surface area contributed by atoms with Crippen LogP contribution in [-0.4, -0.2) is 33.8 Å². The Bertz CT molecular complexity index is 4100. The molecule has 0 N–H and O–H groups in total. The van der Waals surface area contributed by atoms with Gasteiger partial charge in [-0.15, -0.1) is 20.4 Å². The Labute approximate surface area is 380 Å². The van der Waals surface area contributed by atoms with Gasteiger partial charge in [-0.3, -0.25) is 8.80 Å². The largest absolute Gasteiger partial charge is 0.309 e. The van der Waals surface area contributed by atoms with E-state index in [-0.39, 0.29) is 5.92 Å². The van der Waals surface area contributed by atoms with Crippen LogP contribution >= 0.6 is 0 Å². The summed E-state index contributed by atoms with van der Waals surface area (Å²) in [5.74, 6) is 1.59. The molecule has 0 radical (unpaired) electrons. The Balaban J connectivity index is 0.954. The fourth-order valence-corrected chi connectivity index (χ4v) is 10.6. The first-order valence-corrected chi connectivity index (χ1v) is 22.6. The third-order valence-electron chi connectivity index (χ3n) is 14.0. The van der Waals surface area contributed by atoms with Crippen LogP contribution in [0.2, 0.25) is 0 Å². The molecule has 0 saturated heterocycles. The Kier molecular flexibility index (Phi) is 8.40. The SMILES string of the molecule is Cc1ccc2c(c1)c1ccccc1n2-c1ccc(-c2nnc3c4ccc(C(c5ccccc5)c5cc(-c6nnc7c(C)c(C)c8ccccc8n67)ccc5C)cc4c4ccccc4n23)cc1. The van der Waals surface area contributed by atoms with E-state index in [9.17, 15) is 0 Å². The molecule has 1 atom stereocenters. The highest BCUT2D eigenvalue weighted by Crippen LogP contribution is 2.41. The number of para-hydroxylation sites is 3. The number of benzene rings is 8. The maximum atomic E-state index is 4.93. The number of pyridine rings is 2. The van der Waals surface area contributed by atoms with Crippen molar-refractivity contribution in [2.45, 2.75) is 33.6 Å². The Morgan fingerprint density at radius 1 is 0.379 bits per heavy atom. The van der Waals surface area contributed by atoms with Gasteiger partial charge in [-0.25, -0.2) is 0 Å². The first-order valence-electron chi connectivity index (χ1n) is 22.6. The number of aryl methyl sites for hydroxylation is 4. The van der Waals surface area contributed by atoms with Crippen molar-refractivity contribution in [3.63, 3.8) is 0 Å². The topological polar surface area (TPSA) is 65.3 Å². The van der Waals surface area contributed by atoms with Crippen LogP contribution in [0.4, 0.5) is 0 Å². The van der Waals surface area contributed by atoms with Gasteiger partial charge in [0.15, 0.2) is 22.9 Å². The molecule has 7 nitrogen and oxygen atoms in total. The molecule has 314 valence electrons. The van der Waals surface area contributed by atoms with Gasteiger partial charge in [0.1, 0.15) is 0 Å². The second-order valence-electron chi connectivity index (χ2n) is 17.8. The number of rotatable bonds is 6. The Morgan fingerprint density at radius 2 is 0.985 bits per heavy atom. The highest BCUT2D eigenvalue weighted by molar-refractivity contribution is 6.13. The summed E-state index contributed by atoms with van der Waals surface area (Å²) in [5.41, 5.74) is 17.9. The van der Waals surface area contributed by atoms with E-state index in [1.807, 2.05) is 0 Å². The molecular weight excluding hydrogens is 807 g/mol. The average molecular weight is 850 g/mol. The lowest BCUT2D eigenvalue weighted by atomic mass is 9.81. The van der Waals surface area contributed by atoms with Crippen molar-refractivity contribution < 1.29 is 0 Å². The van der Waals surface area contributed by atoms with Crippen LogP contribution in [0, 0.1) is 27.7 Å². The third-order valence-corrected chi connectivity index (χ3v) is 14.0. The van der Waals surface area contributed by atoms with Crippen LogP contribution in [0.1, 0.15) is 44.9 Å². The van der Waals surface area contributed by atoms with Crippen molar-refractivity contribution in [1.82, 2.24) is 33.8 Å². The van der Waals surface area contributed by atoms with E-state index in [0.717, 1.165) is 72.5 Å².